The highest BCUT2D eigenvalue weighted by Gasteiger charge is 2.27. The van der Waals surface area contributed by atoms with Gasteiger partial charge in [-0.1, -0.05) is 13.0 Å². The van der Waals surface area contributed by atoms with Crippen LogP contribution in [0.25, 0.3) is 10.9 Å². The van der Waals surface area contributed by atoms with E-state index in [-0.39, 0.29) is 29.2 Å². The lowest BCUT2D eigenvalue weighted by molar-refractivity contribution is 0.0695. The van der Waals surface area contributed by atoms with Gasteiger partial charge in [0.25, 0.3) is 5.56 Å². The Kier molecular flexibility index (Phi) is 7.78. The average molecular weight is 562 g/mol. The van der Waals surface area contributed by atoms with Crippen LogP contribution in [-0.4, -0.2) is 31.7 Å². The Morgan fingerprint density at radius 3 is 2.59 bits per heavy atom. The molecule has 11 heteroatoms. The van der Waals surface area contributed by atoms with E-state index in [0.29, 0.717) is 30.7 Å². The molecule has 0 saturated heterocycles. The Labute approximate surface area is 234 Å². The first-order valence-corrected chi connectivity index (χ1v) is 13.7. The van der Waals surface area contributed by atoms with E-state index in [9.17, 15) is 28.7 Å². The number of aryl methyl sites for hydroxylation is 2. The second-order valence-corrected chi connectivity index (χ2v) is 10.4. The summed E-state index contributed by atoms with van der Waals surface area (Å²) in [6, 6.07) is 9.92. The van der Waals surface area contributed by atoms with Crippen LogP contribution >= 0.6 is 0 Å². The van der Waals surface area contributed by atoms with Crippen LogP contribution in [0.3, 0.4) is 0 Å². The molecule has 1 saturated carbocycles. The van der Waals surface area contributed by atoms with Crippen molar-refractivity contribution in [2.75, 3.05) is 17.2 Å². The summed E-state index contributed by atoms with van der Waals surface area (Å²) in [6.45, 7) is 4.66. The first-order valence-electron chi connectivity index (χ1n) is 13.7. The van der Waals surface area contributed by atoms with Gasteiger partial charge in [-0.2, -0.15) is 0 Å². The number of fused-ring (bicyclic) bond motifs is 1. The first-order chi connectivity index (χ1) is 19.7. The number of halogens is 1. The number of aromatic carboxylic acids is 1. The van der Waals surface area contributed by atoms with Gasteiger partial charge in [-0.3, -0.25) is 19.1 Å². The predicted octanol–water partition coefficient (Wildman–Crippen LogP) is 4.53. The van der Waals surface area contributed by atoms with Gasteiger partial charge in [0.2, 0.25) is 5.43 Å². The van der Waals surface area contributed by atoms with Crippen LogP contribution in [0.1, 0.15) is 60.1 Å². The molecule has 2 heterocycles. The fourth-order valence-corrected chi connectivity index (χ4v) is 5.02. The molecule has 10 nitrogen and oxygen atoms in total. The predicted molar refractivity (Wildman–Crippen MR) is 156 cm³/mol. The van der Waals surface area contributed by atoms with Gasteiger partial charge in [0.05, 0.1) is 11.2 Å². The topological polar surface area (TPSA) is 138 Å². The number of nitrogens with one attached hydrogen (secondary N) is 3. The lowest BCUT2D eigenvalue weighted by Crippen LogP contribution is -2.35. The number of benzene rings is 2. The number of hydrogen-bond acceptors (Lipinski definition) is 6. The second kappa shape index (κ2) is 11.4. The van der Waals surface area contributed by atoms with E-state index in [0.717, 1.165) is 35.6 Å². The summed E-state index contributed by atoms with van der Waals surface area (Å²) in [5, 5.41) is 15.5. The summed E-state index contributed by atoms with van der Waals surface area (Å²) in [5.41, 5.74) is 1.78. The van der Waals surface area contributed by atoms with Crippen molar-refractivity contribution >= 4 is 34.1 Å². The number of anilines is 3. The number of aromatic amines is 1. The standard InChI is InChI=1S/C30H32FN5O5/c1-3-18-12-19(7-6-17(18)2)33-26-15-27(37)35(30(41)34-26)11-5-4-10-32-24-14-25-21(13-23(24)31)28(38)22(29(39)40)16-36(25)20-8-9-20/h6-7,12-16,20,32-33H,3-5,8-11H2,1-2H3,(H,34,41)(H,39,40). The highest BCUT2D eigenvalue weighted by Crippen LogP contribution is 2.37. The Balaban J connectivity index is 1.23. The molecule has 4 aromatic rings. The van der Waals surface area contributed by atoms with Gasteiger partial charge >= 0.3 is 11.7 Å². The number of pyridine rings is 1. The lowest BCUT2D eigenvalue weighted by Gasteiger charge is -2.14. The number of hydrogen-bond donors (Lipinski definition) is 4. The minimum absolute atomic E-state index is 0.0320. The second-order valence-electron chi connectivity index (χ2n) is 10.4. The van der Waals surface area contributed by atoms with Crippen molar-refractivity contribution in [3.8, 4) is 0 Å². The van der Waals surface area contributed by atoms with Crippen LogP contribution in [0.2, 0.25) is 0 Å². The maximum atomic E-state index is 14.9. The molecule has 41 heavy (non-hydrogen) atoms. The summed E-state index contributed by atoms with van der Waals surface area (Å²) in [7, 11) is 0. The number of carbonyl (C=O) groups is 1. The summed E-state index contributed by atoms with van der Waals surface area (Å²) in [4.78, 5) is 52.1. The largest absolute Gasteiger partial charge is 0.477 e. The molecule has 4 N–H and O–H groups in total. The fraction of sp³-hybridized carbons (Fsp3) is 0.333. The van der Waals surface area contributed by atoms with Crippen molar-refractivity contribution in [2.24, 2.45) is 0 Å². The minimum atomic E-state index is -1.34. The lowest BCUT2D eigenvalue weighted by atomic mass is 10.1. The molecule has 1 aliphatic rings. The van der Waals surface area contributed by atoms with Crippen molar-refractivity contribution in [3.05, 3.63) is 96.2 Å². The number of carboxylic acid groups (broad SMARTS) is 1. The molecule has 0 atom stereocenters. The maximum Gasteiger partial charge on any atom is 0.341 e. The molecule has 214 valence electrons. The summed E-state index contributed by atoms with van der Waals surface area (Å²) in [5.74, 6) is -1.68. The Bertz CT molecular complexity index is 1790. The summed E-state index contributed by atoms with van der Waals surface area (Å²) >= 11 is 0. The highest BCUT2D eigenvalue weighted by molar-refractivity contribution is 5.93. The van der Waals surface area contributed by atoms with E-state index in [1.165, 1.54) is 29.5 Å². The van der Waals surface area contributed by atoms with E-state index < -0.39 is 28.5 Å². The number of H-pyrrole nitrogens is 1. The Morgan fingerprint density at radius 1 is 1.12 bits per heavy atom. The van der Waals surface area contributed by atoms with E-state index in [4.69, 9.17) is 0 Å². The SMILES string of the molecule is CCc1cc(Nc2cc(=O)n(CCCCNc3cc4c(cc3F)c(=O)c(C(=O)O)cn4C3CC3)c(=O)[nH]2)ccc1C. The summed E-state index contributed by atoms with van der Waals surface area (Å²) < 4.78 is 17.7. The molecule has 0 radical (unpaired) electrons. The quantitative estimate of drug-likeness (QED) is 0.197. The molecule has 0 unspecified atom stereocenters. The van der Waals surface area contributed by atoms with Crippen molar-refractivity contribution in [1.29, 1.82) is 0 Å². The van der Waals surface area contributed by atoms with Crippen molar-refractivity contribution in [3.63, 3.8) is 0 Å². The number of carboxylic acids is 1. The molecule has 2 aromatic heterocycles. The number of nitrogens with zero attached hydrogens (tertiary/aromatic N) is 2. The first kappa shape index (κ1) is 27.9. The molecule has 1 fully saturated rings. The molecule has 1 aliphatic carbocycles. The number of aromatic nitrogens is 3. The normalized spacial score (nSPS) is 13.0. The van der Waals surface area contributed by atoms with Gasteiger partial charge in [0.15, 0.2) is 0 Å². The van der Waals surface area contributed by atoms with Gasteiger partial charge in [-0.25, -0.2) is 14.0 Å². The van der Waals surface area contributed by atoms with Crippen LogP contribution in [0.15, 0.2) is 57.0 Å². The Hall–Kier alpha value is -4.67. The number of unbranched alkanes of at least 4 members (excludes halogenated alkanes) is 1. The zero-order valence-electron chi connectivity index (χ0n) is 22.9. The van der Waals surface area contributed by atoms with Crippen LogP contribution in [0.4, 0.5) is 21.6 Å². The van der Waals surface area contributed by atoms with Gasteiger partial charge in [0, 0.05) is 42.5 Å². The molecular weight excluding hydrogens is 529 g/mol. The van der Waals surface area contributed by atoms with Crippen LogP contribution in [0, 0.1) is 12.7 Å². The minimum Gasteiger partial charge on any atom is -0.477 e. The van der Waals surface area contributed by atoms with Crippen LogP contribution in [0.5, 0.6) is 0 Å². The average Bonchev–Trinajstić information content (AvgIpc) is 3.77. The van der Waals surface area contributed by atoms with Crippen molar-refractivity contribution < 1.29 is 14.3 Å². The highest BCUT2D eigenvalue weighted by atomic mass is 19.1. The van der Waals surface area contributed by atoms with Crippen LogP contribution < -0.4 is 27.3 Å². The van der Waals surface area contributed by atoms with Gasteiger partial charge in [0.1, 0.15) is 17.2 Å². The molecule has 0 amide bonds. The molecule has 0 bridgehead atoms. The Morgan fingerprint density at radius 2 is 1.90 bits per heavy atom. The van der Waals surface area contributed by atoms with Crippen molar-refractivity contribution in [2.45, 2.75) is 58.5 Å². The molecule has 2 aromatic carbocycles. The zero-order chi connectivity index (χ0) is 29.3. The molecular formula is C30H32FN5O5. The maximum absolute atomic E-state index is 14.9. The zero-order valence-corrected chi connectivity index (χ0v) is 22.9. The monoisotopic (exact) mass is 561 g/mol. The third-order valence-electron chi connectivity index (χ3n) is 7.45. The van der Waals surface area contributed by atoms with Gasteiger partial charge < -0.3 is 20.3 Å². The van der Waals surface area contributed by atoms with Crippen LogP contribution in [-0.2, 0) is 13.0 Å². The number of rotatable bonds is 11. The van der Waals surface area contributed by atoms with Gasteiger partial charge in [-0.05, 0) is 74.4 Å². The fourth-order valence-electron chi connectivity index (χ4n) is 5.02. The van der Waals surface area contributed by atoms with Gasteiger partial charge in [-0.15, -0.1) is 0 Å². The summed E-state index contributed by atoms with van der Waals surface area (Å²) in [6.07, 6.45) is 4.96. The smallest absolute Gasteiger partial charge is 0.341 e. The van der Waals surface area contributed by atoms with E-state index >= 15 is 0 Å². The van der Waals surface area contributed by atoms with Crippen molar-refractivity contribution in [1.82, 2.24) is 14.1 Å². The third kappa shape index (κ3) is 5.93. The van der Waals surface area contributed by atoms with E-state index in [1.54, 1.807) is 4.57 Å². The van der Waals surface area contributed by atoms with E-state index in [2.05, 4.69) is 22.5 Å². The third-order valence-corrected chi connectivity index (χ3v) is 7.45. The molecule has 0 spiro atoms. The molecule has 0 aliphatic heterocycles. The molecule has 5 rings (SSSR count). The van der Waals surface area contributed by atoms with E-state index in [1.807, 2.05) is 25.1 Å².